The summed E-state index contributed by atoms with van der Waals surface area (Å²) >= 11 is 0. The summed E-state index contributed by atoms with van der Waals surface area (Å²) in [5.74, 6) is -1.01. The van der Waals surface area contributed by atoms with Crippen LogP contribution in [0, 0.1) is 25.5 Å². The number of nitrogens with one attached hydrogen (secondary N) is 1. The van der Waals surface area contributed by atoms with Crippen molar-refractivity contribution in [1.29, 1.82) is 0 Å². The number of benzene rings is 2. The van der Waals surface area contributed by atoms with Gasteiger partial charge in [0.1, 0.15) is 11.6 Å². The first-order valence-electron chi connectivity index (χ1n) is 6.70. The highest BCUT2D eigenvalue weighted by Gasteiger charge is 2.19. The topological polar surface area (TPSA) is 12.0 Å². The Hall–Kier alpha value is -1.74. The third-order valence-corrected chi connectivity index (χ3v) is 3.71. The molecule has 106 valence electrons. The van der Waals surface area contributed by atoms with Crippen LogP contribution < -0.4 is 5.32 Å². The molecule has 1 nitrogen and oxygen atoms in total. The molecule has 0 spiro atoms. The van der Waals surface area contributed by atoms with E-state index in [-0.39, 0.29) is 11.6 Å². The minimum Gasteiger partial charge on any atom is -0.313 e. The number of likely N-dealkylation sites (N-methyl/N-ethyl adjacent to an activating group) is 1. The fourth-order valence-corrected chi connectivity index (χ4v) is 2.36. The van der Waals surface area contributed by atoms with E-state index in [1.807, 2.05) is 26.0 Å². The molecule has 1 atom stereocenters. The lowest BCUT2D eigenvalue weighted by Crippen LogP contribution is -2.21. The zero-order valence-corrected chi connectivity index (χ0v) is 12.0. The second-order valence-electron chi connectivity index (χ2n) is 5.10. The Morgan fingerprint density at radius 2 is 1.65 bits per heavy atom. The Labute approximate surface area is 118 Å². The summed E-state index contributed by atoms with van der Waals surface area (Å²) in [6, 6.07) is 9.71. The van der Waals surface area contributed by atoms with Gasteiger partial charge in [-0.3, -0.25) is 0 Å². The summed E-state index contributed by atoms with van der Waals surface area (Å²) in [5, 5.41) is 3.00. The summed E-state index contributed by atoms with van der Waals surface area (Å²) in [5.41, 5.74) is 3.57. The van der Waals surface area contributed by atoms with Gasteiger partial charge in [-0.25, -0.2) is 8.78 Å². The van der Waals surface area contributed by atoms with Gasteiger partial charge < -0.3 is 5.32 Å². The van der Waals surface area contributed by atoms with Crippen LogP contribution in [-0.4, -0.2) is 7.05 Å². The molecule has 0 aromatic heterocycles. The minimum atomic E-state index is -0.506. The highest BCUT2D eigenvalue weighted by Crippen LogP contribution is 2.24. The second kappa shape index (κ2) is 6.14. The average molecular weight is 275 g/mol. The second-order valence-corrected chi connectivity index (χ2v) is 5.10. The molecule has 0 fully saturated rings. The Kier molecular flexibility index (Phi) is 4.50. The SMILES string of the molecule is CNC(Cc1ccc(C)c(C)c1)c1c(F)cccc1F. The van der Waals surface area contributed by atoms with Crippen LogP contribution in [0.25, 0.3) is 0 Å². The molecule has 0 aliphatic heterocycles. The van der Waals surface area contributed by atoms with Crippen LogP contribution in [0.1, 0.15) is 28.3 Å². The number of rotatable bonds is 4. The van der Waals surface area contributed by atoms with Gasteiger partial charge in [-0.2, -0.15) is 0 Å². The maximum absolute atomic E-state index is 13.9. The van der Waals surface area contributed by atoms with Crippen LogP contribution in [0.3, 0.4) is 0 Å². The van der Waals surface area contributed by atoms with Gasteiger partial charge in [-0.1, -0.05) is 24.3 Å². The lowest BCUT2D eigenvalue weighted by Gasteiger charge is -2.18. The van der Waals surface area contributed by atoms with Gasteiger partial charge in [0.2, 0.25) is 0 Å². The molecule has 0 aliphatic carbocycles. The molecule has 2 rings (SSSR count). The molecule has 1 unspecified atom stereocenters. The Balaban J connectivity index is 2.31. The van der Waals surface area contributed by atoms with Crippen LogP contribution in [0.2, 0.25) is 0 Å². The van der Waals surface area contributed by atoms with Gasteiger partial charge in [-0.15, -0.1) is 0 Å². The molecule has 0 aliphatic rings. The van der Waals surface area contributed by atoms with Crippen LogP contribution in [0.4, 0.5) is 8.78 Å². The van der Waals surface area contributed by atoms with Crippen molar-refractivity contribution in [1.82, 2.24) is 5.32 Å². The van der Waals surface area contributed by atoms with Gasteiger partial charge in [-0.05, 0) is 56.1 Å². The van der Waals surface area contributed by atoms with Crippen molar-refractivity contribution in [3.63, 3.8) is 0 Å². The van der Waals surface area contributed by atoms with Gasteiger partial charge in [0.25, 0.3) is 0 Å². The van der Waals surface area contributed by atoms with E-state index in [1.165, 1.54) is 29.3 Å². The van der Waals surface area contributed by atoms with Crippen molar-refractivity contribution in [2.75, 3.05) is 7.05 Å². The Morgan fingerprint density at radius 3 is 2.20 bits per heavy atom. The molecular weight excluding hydrogens is 256 g/mol. The van der Waals surface area contributed by atoms with Crippen molar-refractivity contribution in [3.05, 3.63) is 70.3 Å². The maximum Gasteiger partial charge on any atom is 0.130 e. The molecule has 0 bridgehead atoms. The molecule has 2 aromatic carbocycles. The molecule has 20 heavy (non-hydrogen) atoms. The van der Waals surface area contributed by atoms with Gasteiger partial charge in [0.05, 0.1) is 0 Å². The molecule has 3 heteroatoms. The summed E-state index contributed by atoms with van der Waals surface area (Å²) in [6.45, 7) is 4.09. The van der Waals surface area contributed by atoms with E-state index in [4.69, 9.17) is 0 Å². The lowest BCUT2D eigenvalue weighted by molar-refractivity contribution is 0.489. The first kappa shape index (κ1) is 14.7. The normalized spacial score (nSPS) is 12.4. The van der Waals surface area contributed by atoms with E-state index >= 15 is 0 Å². The molecule has 1 N–H and O–H groups in total. The zero-order chi connectivity index (χ0) is 14.7. The fraction of sp³-hybridized carbons (Fsp3) is 0.294. The molecular formula is C17H19F2N. The lowest BCUT2D eigenvalue weighted by atomic mass is 9.96. The quantitative estimate of drug-likeness (QED) is 0.886. The van der Waals surface area contributed by atoms with Crippen molar-refractivity contribution in [3.8, 4) is 0 Å². The smallest absolute Gasteiger partial charge is 0.130 e. The van der Waals surface area contributed by atoms with E-state index in [2.05, 4.69) is 11.4 Å². The van der Waals surface area contributed by atoms with Crippen LogP contribution in [0.15, 0.2) is 36.4 Å². The number of hydrogen-bond acceptors (Lipinski definition) is 1. The van der Waals surface area contributed by atoms with E-state index < -0.39 is 11.6 Å². The van der Waals surface area contributed by atoms with Crippen LogP contribution in [0.5, 0.6) is 0 Å². The maximum atomic E-state index is 13.9. The predicted molar refractivity (Wildman–Crippen MR) is 77.8 cm³/mol. The van der Waals surface area contributed by atoms with E-state index in [9.17, 15) is 8.78 Å². The first-order chi connectivity index (χ1) is 9.52. The van der Waals surface area contributed by atoms with Crippen molar-refractivity contribution in [2.24, 2.45) is 0 Å². The average Bonchev–Trinajstić information content (AvgIpc) is 2.41. The highest BCUT2D eigenvalue weighted by molar-refractivity contribution is 5.32. The molecule has 0 saturated heterocycles. The van der Waals surface area contributed by atoms with E-state index in [1.54, 1.807) is 7.05 Å². The third kappa shape index (κ3) is 3.05. The van der Waals surface area contributed by atoms with E-state index in [0.29, 0.717) is 6.42 Å². The van der Waals surface area contributed by atoms with Crippen LogP contribution in [-0.2, 0) is 6.42 Å². The third-order valence-electron chi connectivity index (χ3n) is 3.71. The monoisotopic (exact) mass is 275 g/mol. The molecule has 2 aromatic rings. The number of halogens is 2. The van der Waals surface area contributed by atoms with Crippen LogP contribution >= 0.6 is 0 Å². The summed E-state index contributed by atoms with van der Waals surface area (Å²) < 4.78 is 27.7. The summed E-state index contributed by atoms with van der Waals surface area (Å²) in [6.07, 6.45) is 0.551. The molecule has 0 radical (unpaired) electrons. The van der Waals surface area contributed by atoms with Crippen molar-refractivity contribution >= 4 is 0 Å². The minimum absolute atomic E-state index is 0.105. The summed E-state index contributed by atoms with van der Waals surface area (Å²) in [7, 11) is 1.72. The van der Waals surface area contributed by atoms with Gasteiger partial charge in [0, 0.05) is 11.6 Å². The number of aryl methyl sites for hydroxylation is 2. The van der Waals surface area contributed by atoms with Crippen molar-refractivity contribution < 1.29 is 8.78 Å². The highest BCUT2D eigenvalue weighted by atomic mass is 19.1. The summed E-state index contributed by atoms with van der Waals surface area (Å²) in [4.78, 5) is 0. The largest absolute Gasteiger partial charge is 0.313 e. The van der Waals surface area contributed by atoms with Crippen molar-refractivity contribution in [2.45, 2.75) is 26.3 Å². The standard InChI is InChI=1S/C17H19F2N/c1-11-7-8-13(9-12(11)2)10-16(20-3)17-14(18)5-4-6-15(17)19/h4-9,16,20H,10H2,1-3H3. The van der Waals surface area contributed by atoms with Gasteiger partial charge in [0.15, 0.2) is 0 Å². The number of hydrogen-bond donors (Lipinski definition) is 1. The first-order valence-corrected chi connectivity index (χ1v) is 6.70. The Morgan fingerprint density at radius 1 is 1.00 bits per heavy atom. The fourth-order valence-electron chi connectivity index (χ4n) is 2.36. The van der Waals surface area contributed by atoms with Gasteiger partial charge >= 0.3 is 0 Å². The van der Waals surface area contributed by atoms with E-state index in [0.717, 1.165) is 5.56 Å². The zero-order valence-electron chi connectivity index (χ0n) is 12.0. The molecule has 0 heterocycles. The molecule has 0 saturated carbocycles. The Bertz CT molecular complexity index is 588. The molecule has 0 amide bonds. The predicted octanol–water partition coefficient (Wildman–Crippen LogP) is 4.08.